The van der Waals surface area contributed by atoms with Gasteiger partial charge in [-0.05, 0) is 0 Å². The first-order valence-corrected chi connectivity index (χ1v) is 2.84. The summed E-state index contributed by atoms with van der Waals surface area (Å²) in [5.41, 5.74) is 0. The summed E-state index contributed by atoms with van der Waals surface area (Å²) in [7, 11) is 0. The van der Waals surface area contributed by atoms with E-state index in [-0.39, 0.29) is 6.15 Å². The Hall–Kier alpha value is -0.650. The van der Waals surface area contributed by atoms with Crippen molar-refractivity contribution in [2.24, 2.45) is 0 Å². The number of aliphatic hydroxyl groups excluding tert-OH is 1. The van der Waals surface area contributed by atoms with Crippen molar-refractivity contribution in [2.45, 2.75) is 18.6 Å². The van der Waals surface area contributed by atoms with Crippen LogP contribution in [0.5, 0.6) is 0 Å². The molecule has 3 radical (unpaired) electrons. The number of aliphatic hydroxyl groups is 1. The second-order valence-electron chi connectivity index (χ2n) is 2.19. The van der Waals surface area contributed by atoms with E-state index in [1.54, 1.807) is 0 Å². The molecule has 0 amide bonds. The number of hydrogen-bond donors (Lipinski definition) is 3. The zero-order chi connectivity index (χ0) is 6.85. The van der Waals surface area contributed by atoms with Gasteiger partial charge >= 0.3 is 5.97 Å². The molecule has 5 heteroatoms. The first kappa shape index (κ1) is 9.35. The SMILES string of the molecule is O=C(O)[C@@H]1C[C@@H](O)CN1.[N]. The van der Waals surface area contributed by atoms with Crippen molar-refractivity contribution in [3.05, 3.63) is 0 Å². The molecule has 10 heavy (non-hydrogen) atoms. The third-order valence-corrected chi connectivity index (χ3v) is 1.41. The quantitative estimate of drug-likeness (QED) is 0.410. The molecule has 0 aromatic heterocycles. The van der Waals surface area contributed by atoms with E-state index in [2.05, 4.69) is 5.32 Å². The van der Waals surface area contributed by atoms with E-state index < -0.39 is 18.1 Å². The number of carboxylic acid groups (broad SMARTS) is 1. The summed E-state index contributed by atoms with van der Waals surface area (Å²) >= 11 is 0. The first-order chi connectivity index (χ1) is 4.20. The summed E-state index contributed by atoms with van der Waals surface area (Å²) in [5.74, 6) is -0.883. The number of aliphatic carboxylic acids is 1. The van der Waals surface area contributed by atoms with Crippen LogP contribution in [0.15, 0.2) is 0 Å². The van der Waals surface area contributed by atoms with Gasteiger partial charge in [0.15, 0.2) is 0 Å². The number of carbonyl (C=O) groups is 1. The third kappa shape index (κ3) is 1.94. The van der Waals surface area contributed by atoms with E-state index >= 15 is 0 Å². The van der Waals surface area contributed by atoms with Crippen LogP contribution in [-0.2, 0) is 4.79 Å². The number of nitrogens with one attached hydrogen (secondary N) is 1. The lowest BCUT2D eigenvalue weighted by molar-refractivity contribution is -0.139. The molecule has 1 saturated heterocycles. The van der Waals surface area contributed by atoms with Crippen LogP contribution in [0.25, 0.3) is 0 Å². The van der Waals surface area contributed by atoms with Gasteiger partial charge in [0.05, 0.1) is 6.10 Å². The standard InChI is InChI=1S/C5H9NO3.N/c7-3-1-4(5(8)9)6-2-3;/h3-4,6-7H,1-2H2,(H,8,9);/t3-,4+;/m1./s1. The van der Waals surface area contributed by atoms with Crippen LogP contribution < -0.4 is 11.5 Å². The maximum Gasteiger partial charge on any atom is 0.320 e. The zero-order valence-electron chi connectivity index (χ0n) is 5.32. The topological polar surface area (TPSA) is 100 Å². The fraction of sp³-hybridized carbons (Fsp3) is 0.800. The van der Waals surface area contributed by atoms with Crippen LogP contribution >= 0.6 is 0 Å². The predicted octanol–water partition coefficient (Wildman–Crippen LogP) is -1.69. The molecule has 0 aliphatic carbocycles. The molecule has 0 aromatic carbocycles. The Morgan fingerprint density at radius 3 is 2.40 bits per heavy atom. The van der Waals surface area contributed by atoms with Crippen LogP contribution in [0, 0.1) is 0 Å². The lowest BCUT2D eigenvalue weighted by Gasteiger charge is -1.99. The van der Waals surface area contributed by atoms with Crippen molar-refractivity contribution in [1.29, 1.82) is 0 Å². The largest absolute Gasteiger partial charge is 0.480 e. The molecule has 1 rings (SSSR count). The summed E-state index contributed by atoms with van der Waals surface area (Å²) in [5, 5.41) is 19.8. The van der Waals surface area contributed by atoms with Crippen molar-refractivity contribution in [3.63, 3.8) is 0 Å². The molecule has 3 N–H and O–H groups in total. The highest BCUT2D eigenvalue weighted by Crippen LogP contribution is 2.05. The second kappa shape index (κ2) is 3.50. The fourth-order valence-electron chi connectivity index (χ4n) is 0.905. The molecular formula is C5H9N2O3. The second-order valence-corrected chi connectivity index (χ2v) is 2.19. The van der Waals surface area contributed by atoms with Crippen molar-refractivity contribution >= 4 is 5.97 Å². The Labute approximate surface area is 58.6 Å². The predicted molar refractivity (Wildman–Crippen MR) is 32.2 cm³/mol. The minimum absolute atomic E-state index is 0. The molecule has 1 heterocycles. The number of carboxylic acids is 1. The Morgan fingerprint density at radius 1 is 1.60 bits per heavy atom. The third-order valence-electron chi connectivity index (χ3n) is 1.41. The van der Waals surface area contributed by atoms with Gasteiger partial charge in [0.25, 0.3) is 0 Å². The van der Waals surface area contributed by atoms with Crippen LogP contribution in [-0.4, -0.2) is 34.9 Å². The maximum atomic E-state index is 10.2. The lowest BCUT2D eigenvalue weighted by Crippen LogP contribution is -2.29. The van der Waals surface area contributed by atoms with E-state index in [1.165, 1.54) is 0 Å². The van der Waals surface area contributed by atoms with Gasteiger partial charge in [-0.1, -0.05) is 0 Å². The van der Waals surface area contributed by atoms with Crippen molar-refractivity contribution in [2.75, 3.05) is 6.54 Å². The van der Waals surface area contributed by atoms with Crippen LogP contribution in [0.1, 0.15) is 6.42 Å². The average molecular weight is 145 g/mol. The monoisotopic (exact) mass is 145 g/mol. The smallest absolute Gasteiger partial charge is 0.320 e. The highest BCUT2D eigenvalue weighted by Gasteiger charge is 2.27. The minimum Gasteiger partial charge on any atom is -0.480 e. The van der Waals surface area contributed by atoms with Crippen molar-refractivity contribution in [1.82, 2.24) is 11.5 Å². The number of nitrogens with zero attached hydrogens (tertiary/aromatic N) is 1. The average Bonchev–Trinajstić information content (AvgIpc) is 2.14. The number of rotatable bonds is 1. The molecule has 1 aliphatic rings. The normalized spacial score (nSPS) is 31.3. The highest BCUT2D eigenvalue weighted by atomic mass is 16.4. The van der Waals surface area contributed by atoms with E-state index in [0.717, 1.165) is 0 Å². The summed E-state index contributed by atoms with van der Waals surface area (Å²) in [6.45, 7) is 0.400. The molecule has 57 valence electrons. The van der Waals surface area contributed by atoms with Crippen LogP contribution in [0.3, 0.4) is 0 Å². The maximum absolute atomic E-state index is 10.2. The molecule has 0 bridgehead atoms. The fourth-order valence-corrected chi connectivity index (χ4v) is 0.905. The summed E-state index contributed by atoms with van der Waals surface area (Å²) in [6.07, 6.45) is -0.152. The number of β-amino-alcohol motifs (C(OH)–C–C–N with tert-alkyl or cyclic N) is 1. The molecule has 5 nitrogen and oxygen atoms in total. The Bertz CT molecular complexity index is 128. The Morgan fingerprint density at radius 2 is 2.20 bits per heavy atom. The van der Waals surface area contributed by atoms with E-state index in [9.17, 15) is 4.79 Å². The summed E-state index contributed by atoms with van der Waals surface area (Å²) in [4.78, 5) is 10.2. The van der Waals surface area contributed by atoms with Crippen molar-refractivity contribution in [3.8, 4) is 0 Å². The van der Waals surface area contributed by atoms with Crippen LogP contribution in [0.2, 0.25) is 0 Å². The minimum atomic E-state index is -0.883. The van der Waals surface area contributed by atoms with Gasteiger partial charge in [-0.3, -0.25) is 4.79 Å². The molecular weight excluding hydrogens is 136 g/mol. The van der Waals surface area contributed by atoms with Gasteiger partial charge in [-0.15, -0.1) is 0 Å². The van der Waals surface area contributed by atoms with E-state index in [0.29, 0.717) is 13.0 Å². The van der Waals surface area contributed by atoms with E-state index in [1.807, 2.05) is 0 Å². The Balaban J connectivity index is 0.000000810. The molecule has 0 spiro atoms. The highest BCUT2D eigenvalue weighted by molar-refractivity contribution is 5.73. The first-order valence-electron chi connectivity index (χ1n) is 2.84. The van der Waals surface area contributed by atoms with Crippen molar-refractivity contribution < 1.29 is 15.0 Å². The molecule has 2 atom stereocenters. The summed E-state index contributed by atoms with van der Waals surface area (Å²) in [6, 6.07) is -0.542. The van der Waals surface area contributed by atoms with Gasteiger partial charge in [-0.2, -0.15) is 0 Å². The van der Waals surface area contributed by atoms with Gasteiger partial charge in [0, 0.05) is 19.1 Å². The van der Waals surface area contributed by atoms with Gasteiger partial charge in [-0.25, -0.2) is 0 Å². The van der Waals surface area contributed by atoms with E-state index in [4.69, 9.17) is 10.2 Å². The molecule has 1 aliphatic heterocycles. The lowest BCUT2D eigenvalue weighted by atomic mass is 10.2. The Kier molecular flexibility index (Phi) is 3.27. The molecule has 0 aromatic rings. The molecule has 0 saturated carbocycles. The van der Waals surface area contributed by atoms with Gasteiger partial charge < -0.3 is 15.5 Å². The van der Waals surface area contributed by atoms with Gasteiger partial charge in [0.2, 0.25) is 0 Å². The van der Waals surface area contributed by atoms with Crippen LogP contribution in [0.4, 0.5) is 0 Å². The number of hydrogen-bond acceptors (Lipinski definition) is 3. The summed E-state index contributed by atoms with van der Waals surface area (Å²) < 4.78 is 0. The molecule has 0 unspecified atom stereocenters. The zero-order valence-corrected chi connectivity index (χ0v) is 5.32. The molecule has 1 fully saturated rings. The van der Waals surface area contributed by atoms with Gasteiger partial charge in [0.1, 0.15) is 6.04 Å².